The maximum atomic E-state index is 12.0. The van der Waals surface area contributed by atoms with Crippen LogP contribution in [0.4, 0.5) is 0 Å². The smallest absolute Gasteiger partial charge is 0.323 e. The minimum absolute atomic E-state index is 0. The molecule has 1 saturated heterocycles. The summed E-state index contributed by atoms with van der Waals surface area (Å²) in [6.07, 6.45) is 4.74. The van der Waals surface area contributed by atoms with E-state index in [0.29, 0.717) is 18.6 Å². The SMILES string of the molecule is Cl.O=C(OCc1ccccc1)[C@@H]1CC2CCC[C@@H]2N1. The maximum Gasteiger partial charge on any atom is 0.323 e. The number of carbonyl (C=O) groups is 1. The van der Waals surface area contributed by atoms with Crippen molar-refractivity contribution in [2.45, 2.75) is 44.4 Å². The number of ether oxygens (including phenoxy) is 1. The summed E-state index contributed by atoms with van der Waals surface area (Å²) < 4.78 is 5.38. The van der Waals surface area contributed by atoms with Crippen LogP contribution in [0.3, 0.4) is 0 Å². The molecule has 1 N–H and O–H groups in total. The van der Waals surface area contributed by atoms with Gasteiger partial charge in [-0.05, 0) is 30.7 Å². The van der Waals surface area contributed by atoms with Gasteiger partial charge < -0.3 is 10.1 Å². The van der Waals surface area contributed by atoms with Gasteiger partial charge in [-0.3, -0.25) is 4.79 Å². The molecule has 3 nitrogen and oxygen atoms in total. The van der Waals surface area contributed by atoms with Crippen LogP contribution in [0.1, 0.15) is 31.2 Å². The van der Waals surface area contributed by atoms with Crippen LogP contribution < -0.4 is 5.32 Å². The van der Waals surface area contributed by atoms with Gasteiger partial charge in [-0.25, -0.2) is 0 Å². The van der Waals surface area contributed by atoms with E-state index in [0.717, 1.165) is 12.0 Å². The lowest BCUT2D eigenvalue weighted by molar-refractivity contribution is -0.147. The zero-order valence-electron chi connectivity index (χ0n) is 10.9. The molecule has 1 unspecified atom stereocenters. The summed E-state index contributed by atoms with van der Waals surface area (Å²) in [4.78, 5) is 12.0. The largest absolute Gasteiger partial charge is 0.460 e. The molecule has 0 bridgehead atoms. The fourth-order valence-electron chi connectivity index (χ4n) is 3.16. The lowest BCUT2D eigenvalue weighted by atomic mass is 10.0. The Labute approximate surface area is 120 Å². The van der Waals surface area contributed by atoms with E-state index >= 15 is 0 Å². The first-order valence-electron chi connectivity index (χ1n) is 6.79. The molecule has 2 aliphatic rings. The number of hydrogen-bond donors (Lipinski definition) is 1. The van der Waals surface area contributed by atoms with Crippen LogP contribution >= 0.6 is 12.4 Å². The van der Waals surface area contributed by atoms with Crippen molar-refractivity contribution in [3.63, 3.8) is 0 Å². The molecule has 19 heavy (non-hydrogen) atoms. The summed E-state index contributed by atoms with van der Waals surface area (Å²) in [6.45, 7) is 0.382. The van der Waals surface area contributed by atoms with Crippen LogP contribution in [0.25, 0.3) is 0 Å². The molecule has 0 radical (unpaired) electrons. The van der Waals surface area contributed by atoms with Crippen molar-refractivity contribution in [2.75, 3.05) is 0 Å². The van der Waals surface area contributed by atoms with Crippen LogP contribution in [0.5, 0.6) is 0 Å². The van der Waals surface area contributed by atoms with E-state index in [1.54, 1.807) is 0 Å². The molecular weight excluding hydrogens is 262 g/mol. The first kappa shape index (κ1) is 14.4. The van der Waals surface area contributed by atoms with E-state index in [2.05, 4.69) is 5.32 Å². The molecule has 0 aromatic heterocycles. The summed E-state index contributed by atoms with van der Waals surface area (Å²) >= 11 is 0. The van der Waals surface area contributed by atoms with E-state index < -0.39 is 0 Å². The van der Waals surface area contributed by atoms with Gasteiger partial charge in [0.25, 0.3) is 0 Å². The van der Waals surface area contributed by atoms with E-state index in [1.165, 1.54) is 19.3 Å². The topological polar surface area (TPSA) is 38.3 Å². The van der Waals surface area contributed by atoms with Gasteiger partial charge in [0.2, 0.25) is 0 Å². The second kappa shape index (κ2) is 6.40. The van der Waals surface area contributed by atoms with Gasteiger partial charge in [0.05, 0.1) is 0 Å². The highest BCUT2D eigenvalue weighted by Gasteiger charge is 2.40. The molecule has 1 aromatic carbocycles. The molecule has 4 heteroatoms. The highest BCUT2D eigenvalue weighted by Crippen LogP contribution is 2.34. The lowest BCUT2D eigenvalue weighted by Gasteiger charge is -2.12. The van der Waals surface area contributed by atoms with Crippen LogP contribution in [-0.2, 0) is 16.1 Å². The predicted molar refractivity (Wildman–Crippen MR) is 76.2 cm³/mol. The first-order valence-corrected chi connectivity index (χ1v) is 6.79. The number of nitrogens with one attached hydrogen (secondary N) is 1. The molecule has 1 aliphatic heterocycles. The van der Waals surface area contributed by atoms with Gasteiger partial charge >= 0.3 is 5.97 Å². The Morgan fingerprint density at radius 3 is 2.79 bits per heavy atom. The maximum absolute atomic E-state index is 12.0. The Bertz CT molecular complexity index is 411. The minimum atomic E-state index is -0.0896. The van der Waals surface area contributed by atoms with Gasteiger partial charge in [0, 0.05) is 6.04 Å². The van der Waals surface area contributed by atoms with Crippen LogP contribution in [-0.4, -0.2) is 18.1 Å². The average molecular weight is 282 g/mol. The number of carbonyl (C=O) groups excluding carboxylic acids is 1. The number of esters is 1. The quantitative estimate of drug-likeness (QED) is 0.866. The summed E-state index contributed by atoms with van der Waals surface area (Å²) in [5.74, 6) is 0.604. The van der Waals surface area contributed by atoms with Crippen molar-refractivity contribution in [2.24, 2.45) is 5.92 Å². The summed E-state index contributed by atoms with van der Waals surface area (Å²) in [5, 5.41) is 3.41. The third-order valence-corrected chi connectivity index (χ3v) is 4.12. The Morgan fingerprint density at radius 1 is 1.26 bits per heavy atom. The second-order valence-corrected chi connectivity index (χ2v) is 5.35. The van der Waals surface area contributed by atoms with Crippen molar-refractivity contribution in [3.05, 3.63) is 35.9 Å². The molecule has 2 fully saturated rings. The number of hydrogen-bond acceptors (Lipinski definition) is 3. The zero-order valence-corrected chi connectivity index (χ0v) is 11.7. The summed E-state index contributed by atoms with van der Waals surface area (Å²) in [6, 6.07) is 10.3. The predicted octanol–water partition coefficient (Wildman–Crippen LogP) is 2.68. The van der Waals surface area contributed by atoms with Gasteiger partial charge in [-0.15, -0.1) is 12.4 Å². The van der Waals surface area contributed by atoms with Gasteiger partial charge in [-0.1, -0.05) is 36.8 Å². The van der Waals surface area contributed by atoms with Crippen molar-refractivity contribution < 1.29 is 9.53 Å². The van der Waals surface area contributed by atoms with Crippen molar-refractivity contribution in [3.8, 4) is 0 Å². The van der Waals surface area contributed by atoms with E-state index in [9.17, 15) is 4.79 Å². The Balaban J connectivity index is 0.00000133. The highest BCUT2D eigenvalue weighted by molar-refractivity contribution is 5.85. The fourth-order valence-corrected chi connectivity index (χ4v) is 3.16. The van der Waals surface area contributed by atoms with Crippen molar-refractivity contribution >= 4 is 18.4 Å². The summed E-state index contributed by atoms with van der Waals surface area (Å²) in [7, 11) is 0. The number of halogens is 1. The van der Waals surface area contributed by atoms with Gasteiger partial charge in [0.1, 0.15) is 12.6 Å². The Kier molecular flexibility index (Phi) is 4.83. The molecule has 3 rings (SSSR count). The number of fused-ring (bicyclic) bond motifs is 1. The molecule has 0 spiro atoms. The first-order chi connectivity index (χ1) is 8.83. The molecule has 1 saturated carbocycles. The molecule has 1 aromatic rings. The number of rotatable bonds is 3. The van der Waals surface area contributed by atoms with E-state index in [4.69, 9.17) is 4.74 Å². The second-order valence-electron chi connectivity index (χ2n) is 5.35. The molecular formula is C15H20ClNO2. The van der Waals surface area contributed by atoms with Crippen LogP contribution in [0.15, 0.2) is 30.3 Å². The summed E-state index contributed by atoms with van der Waals surface area (Å²) in [5.41, 5.74) is 1.05. The van der Waals surface area contributed by atoms with Gasteiger partial charge in [-0.2, -0.15) is 0 Å². The van der Waals surface area contributed by atoms with E-state index in [1.807, 2.05) is 30.3 Å². The third kappa shape index (κ3) is 3.28. The normalized spacial score (nSPS) is 28.5. The van der Waals surface area contributed by atoms with Crippen LogP contribution in [0, 0.1) is 5.92 Å². The van der Waals surface area contributed by atoms with Crippen molar-refractivity contribution in [1.29, 1.82) is 0 Å². The standard InChI is InChI=1S/C15H19NO2.ClH/c17-15(18-10-11-5-2-1-3-6-11)14-9-12-7-4-8-13(12)16-14;/h1-3,5-6,12-14,16H,4,7-10H2;1H/t12?,13-,14-;/m0./s1. The molecule has 1 heterocycles. The van der Waals surface area contributed by atoms with Crippen molar-refractivity contribution in [1.82, 2.24) is 5.32 Å². The molecule has 104 valence electrons. The molecule has 1 aliphatic carbocycles. The monoisotopic (exact) mass is 281 g/mol. The van der Waals surface area contributed by atoms with Crippen LogP contribution in [0.2, 0.25) is 0 Å². The lowest BCUT2D eigenvalue weighted by Crippen LogP contribution is -2.36. The molecule has 3 atom stereocenters. The molecule has 0 amide bonds. The number of benzene rings is 1. The minimum Gasteiger partial charge on any atom is -0.460 e. The average Bonchev–Trinajstić information content (AvgIpc) is 2.98. The Morgan fingerprint density at radius 2 is 2.05 bits per heavy atom. The Hall–Kier alpha value is -1.06. The highest BCUT2D eigenvalue weighted by atomic mass is 35.5. The third-order valence-electron chi connectivity index (χ3n) is 4.12. The zero-order chi connectivity index (χ0) is 12.4. The van der Waals surface area contributed by atoms with Gasteiger partial charge in [0.15, 0.2) is 0 Å². The van der Waals surface area contributed by atoms with E-state index in [-0.39, 0.29) is 24.4 Å². The fraction of sp³-hybridized carbons (Fsp3) is 0.533.